The molecule has 74 valence electrons. The molecule has 0 amide bonds. The van der Waals surface area contributed by atoms with Gasteiger partial charge in [-0.15, -0.1) is 0 Å². The van der Waals surface area contributed by atoms with E-state index in [0.29, 0.717) is 0 Å². The Bertz CT molecular complexity index is 206. The molecule has 0 bridgehead atoms. The van der Waals surface area contributed by atoms with Crippen LogP contribution in [-0.2, 0) is 6.42 Å². The van der Waals surface area contributed by atoms with Crippen LogP contribution >= 0.6 is 0 Å². The van der Waals surface area contributed by atoms with Gasteiger partial charge in [-0.05, 0) is 38.1 Å². The van der Waals surface area contributed by atoms with E-state index in [2.05, 4.69) is 29.2 Å². The first-order chi connectivity index (χ1) is 6.33. The second-order valence-corrected chi connectivity index (χ2v) is 3.41. The largest absolute Gasteiger partial charge is 0.367 e. The van der Waals surface area contributed by atoms with Crippen LogP contribution in [0.2, 0.25) is 0 Å². The van der Waals surface area contributed by atoms with Crippen LogP contribution in [0.5, 0.6) is 0 Å². The number of H-pyrrole nitrogens is 1. The van der Waals surface area contributed by atoms with Crippen LogP contribution in [0.3, 0.4) is 0 Å². The second-order valence-electron chi connectivity index (χ2n) is 3.41. The fourth-order valence-electron chi connectivity index (χ4n) is 1.40. The molecule has 1 aromatic heterocycles. The van der Waals surface area contributed by atoms with E-state index in [-0.39, 0.29) is 0 Å². The number of rotatable bonds is 6. The molecular weight excluding hydrogens is 162 g/mol. The SMILES string of the molecule is CN(CCN)CCCc1cc[nH]c1. The van der Waals surface area contributed by atoms with Gasteiger partial charge in [-0.2, -0.15) is 0 Å². The molecule has 0 spiro atoms. The third kappa shape index (κ3) is 4.10. The van der Waals surface area contributed by atoms with Crippen molar-refractivity contribution in [2.45, 2.75) is 12.8 Å². The molecule has 1 rings (SSSR count). The summed E-state index contributed by atoms with van der Waals surface area (Å²) in [4.78, 5) is 5.33. The fraction of sp³-hybridized carbons (Fsp3) is 0.600. The average Bonchev–Trinajstić information content (AvgIpc) is 2.57. The molecule has 13 heavy (non-hydrogen) atoms. The third-order valence-corrected chi connectivity index (χ3v) is 2.18. The molecule has 0 atom stereocenters. The summed E-state index contributed by atoms with van der Waals surface area (Å²) in [6.45, 7) is 2.87. The first-order valence-corrected chi connectivity index (χ1v) is 4.83. The van der Waals surface area contributed by atoms with Crippen molar-refractivity contribution in [3.63, 3.8) is 0 Å². The van der Waals surface area contributed by atoms with Gasteiger partial charge >= 0.3 is 0 Å². The van der Waals surface area contributed by atoms with E-state index >= 15 is 0 Å². The van der Waals surface area contributed by atoms with Crippen LogP contribution in [0.4, 0.5) is 0 Å². The Morgan fingerprint density at radius 3 is 2.92 bits per heavy atom. The summed E-state index contributed by atoms with van der Waals surface area (Å²) in [6, 6.07) is 2.13. The molecule has 0 fully saturated rings. The lowest BCUT2D eigenvalue weighted by Gasteiger charge is -2.14. The summed E-state index contributed by atoms with van der Waals surface area (Å²) < 4.78 is 0. The highest BCUT2D eigenvalue weighted by atomic mass is 15.1. The topological polar surface area (TPSA) is 45.0 Å². The van der Waals surface area contributed by atoms with Gasteiger partial charge in [0, 0.05) is 25.5 Å². The molecule has 1 aromatic rings. The Hall–Kier alpha value is -0.800. The van der Waals surface area contributed by atoms with Gasteiger partial charge in [0.25, 0.3) is 0 Å². The van der Waals surface area contributed by atoms with Gasteiger partial charge in [0.05, 0.1) is 0 Å². The number of likely N-dealkylation sites (N-methyl/N-ethyl adjacent to an activating group) is 1. The lowest BCUT2D eigenvalue weighted by atomic mass is 10.2. The minimum atomic E-state index is 0.751. The number of nitrogens with zero attached hydrogens (tertiary/aromatic N) is 1. The number of aromatic nitrogens is 1. The van der Waals surface area contributed by atoms with Gasteiger partial charge in [-0.1, -0.05) is 0 Å². The zero-order valence-electron chi connectivity index (χ0n) is 8.29. The number of hydrogen-bond donors (Lipinski definition) is 2. The first-order valence-electron chi connectivity index (χ1n) is 4.83. The summed E-state index contributed by atoms with van der Waals surface area (Å²) in [7, 11) is 2.12. The second kappa shape index (κ2) is 5.78. The molecule has 0 aliphatic rings. The van der Waals surface area contributed by atoms with Crippen LogP contribution in [0, 0.1) is 0 Å². The van der Waals surface area contributed by atoms with Gasteiger partial charge in [0.1, 0.15) is 0 Å². The molecule has 0 saturated heterocycles. The lowest BCUT2D eigenvalue weighted by molar-refractivity contribution is 0.338. The molecule has 3 nitrogen and oxygen atoms in total. The molecule has 0 aliphatic heterocycles. The molecule has 0 radical (unpaired) electrons. The van der Waals surface area contributed by atoms with Gasteiger partial charge in [0.15, 0.2) is 0 Å². The Labute approximate surface area is 79.9 Å². The number of nitrogens with two attached hydrogens (primary N) is 1. The normalized spacial score (nSPS) is 11.0. The van der Waals surface area contributed by atoms with Crippen molar-refractivity contribution in [2.24, 2.45) is 5.73 Å². The highest BCUT2D eigenvalue weighted by Gasteiger charge is 1.97. The van der Waals surface area contributed by atoms with Crippen molar-refractivity contribution in [3.8, 4) is 0 Å². The number of aromatic amines is 1. The number of nitrogens with one attached hydrogen (secondary N) is 1. The molecule has 3 N–H and O–H groups in total. The predicted molar refractivity (Wildman–Crippen MR) is 55.7 cm³/mol. The Morgan fingerprint density at radius 2 is 2.31 bits per heavy atom. The lowest BCUT2D eigenvalue weighted by Crippen LogP contribution is -2.26. The van der Waals surface area contributed by atoms with E-state index < -0.39 is 0 Å². The summed E-state index contributed by atoms with van der Waals surface area (Å²) in [5, 5.41) is 0. The Balaban J connectivity index is 2.07. The van der Waals surface area contributed by atoms with Crippen molar-refractivity contribution in [1.82, 2.24) is 9.88 Å². The molecule has 0 aliphatic carbocycles. The molecule has 0 saturated carbocycles. The predicted octanol–water partition coefficient (Wildman–Crippen LogP) is 0.838. The monoisotopic (exact) mass is 181 g/mol. The number of aryl methyl sites for hydroxylation is 1. The molecular formula is C10H19N3. The van der Waals surface area contributed by atoms with Crippen LogP contribution in [-0.4, -0.2) is 36.6 Å². The highest BCUT2D eigenvalue weighted by Crippen LogP contribution is 2.01. The van der Waals surface area contributed by atoms with Gasteiger partial charge in [0.2, 0.25) is 0 Å². The van der Waals surface area contributed by atoms with E-state index in [1.54, 1.807) is 0 Å². The van der Waals surface area contributed by atoms with Crippen LogP contribution in [0.25, 0.3) is 0 Å². The zero-order chi connectivity index (χ0) is 9.52. The van der Waals surface area contributed by atoms with Crippen LogP contribution in [0.15, 0.2) is 18.5 Å². The third-order valence-electron chi connectivity index (χ3n) is 2.18. The zero-order valence-corrected chi connectivity index (χ0v) is 8.29. The molecule has 0 unspecified atom stereocenters. The first kappa shape index (κ1) is 10.3. The molecule has 3 heteroatoms. The summed E-state index contributed by atoms with van der Waals surface area (Å²) in [5.41, 5.74) is 6.84. The molecule has 0 aromatic carbocycles. The van der Waals surface area contributed by atoms with E-state index in [9.17, 15) is 0 Å². The Morgan fingerprint density at radius 1 is 1.46 bits per heavy atom. The van der Waals surface area contributed by atoms with E-state index in [1.807, 2.05) is 6.20 Å². The van der Waals surface area contributed by atoms with Gasteiger partial charge in [-0.25, -0.2) is 0 Å². The van der Waals surface area contributed by atoms with Gasteiger partial charge < -0.3 is 15.6 Å². The van der Waals surface area contributed by atoms with E-state index in [0.717, 1.165) is 26.1 Å². The van der Waals surface area contributed by atoms with Crippen molar-refractivity contribution >= 4 is 0 Å². The summed E-state index contributed by atoms with van der Waals surface area (Å²) >= 11 is 0. The average molecular weight is 181 g/mol. The van der Waals surface area contributed by atoms with Crippen molar-refractivity contribution in [3.05, 3.63) is 24.0 Å². The van der Waals surface area contributed by atoms with Crippen LogP contribution < -0.4 is 5.73 Å². The van der Waals surface area contributed by atoms with E-state index in [1.165, 1.54) is 12.0 Å². The Kier molecular flexibility index (Phi) is 4.57. The summed E-state index contributed by atoms with van der Waals surface area (Å²) in [5.74, 6) is 0. The minimum Gasteiger partial charge on any atom is -0.367 e. The standard InChI is InChI=1S/C10H19N3/c1-13(8-5-11)7-2-3-10-4-6-12-9-10/h4,6,9,12H,2-3,5,7-8,11H2,1H3. The molecule has 1 heterocycles. The maximum absolute atomic E-state index is 5.45. The van der Waals surface area contributed by atoms with Crippen molar-refractivity contribution < 1.29 is 0 Å². The van der Waals surface area contributed by atoms with Crippen LogP contribution in [0.1, 0.15) is 12.0 Å². The van der Waals surface area contributed by atoms with Gasteiger partial charge in [-0.3, -0.25) is 0 Å². The summed E-state index contributed by atoms with van der Waals surface area (Å²) in [6.07, 6.45) is 6.38. The smallest absolute Gasteiger partial charge is 0.0102 e. The quantitative estimate of drug-likeness (QED) is 0.683. The fourth-order valence-corrected chi connectivity index (χ4v) is 1.40. The van der Waals surface area contributed by atoms with Crippen molar-refractivity contribution in [1.29, 1.82) is 0 Å². The van der Waals surface area contributed by atoms with E-state index in [4.69, 9.17) is 5.73 Å². The van der Waals surface area contributed by atoms with Crippen molar-refractivity contribution in [2.75, 3.05) is 26.7 Å². The number of hydrogen-bond acceptors (Lipinski definition) is 2. The maximum Gasteiger partial charge on any atom is 0.0102 e. The maximum atomic E-state index is 5.45. The minimum absolute atomic E-state index is 0.751. The highest BCUT2D eigenvalue weighted by molar-refractivity contribution is 5.07.